The molecule has 2 N–H and O–H groups in total. The maximum atomic E-state index is 12.6. The van der Waals surface area contributed by atoms with E-state index in [0.717, 1.165) is 24.2 Å². The van der Waals surface area contributed by atoms with Gasteiger partial charge < -0.3 is 15.5 Å². The van der Waals surface area contributed by atoms with Crippen molar-refractivity contribution in [3.05, 3.63) is 24.3 Å². The normalized spacial score (nSPS) is 19.4. The third kappa shape index (κ3) is 3.55. The van der Waals surface area contributed by atoms with Gasteiger partial charge in [-0.2, -0.15) is 0 Å². The van der Waals surface area contributed by atoms with Gasteiger partial charge in [-0.05, 0) is 49.9 Å². The standard InChI is InChI=1S/C19H27N3O2/c1-22(2)16-10-8-15(9-11-16)21-18(24)19(12-13-19)17(23)20-14-6-4-3-5-7-14/h8-11,14H,3-7,12-13H2,1-2H3,(H,20,23)(H,21,24). The number of amides is 2. The predicted octanol–water partition coefficient (Wildman–Crippen LogP) is 2.92. The summed E-state index contributed by atoms with van der Waals surface area (Å²) in [6.07, 6.45) is 6.96. The van der Waals surface area contributed by atoms with Gasteiger partial charge in [-0.15, -0.1) is 0 Å². The molecule has 0 heterocycles. The Kier molecular flexibility index (Phi) is 4.78. The Morgan fingerprint density at radius 3 is 2.17 bits per heavy atom. The zero-order valence-electron chi connectivity index (χ0n) is 14.6. The highest BCUT2D eigenvalue weighted by Crippen LogP contribution is 2.47. The monoisotopic (exact) mass is 329 g/mol. The topological polar surface area (TPSA) is 61.4 Å². The van der Waals surface area contributed by atoms with E-state index in [2.05, 4.69) is 10.6 Å². The quantitative estimate of drug-likeness (QED) is 0.817. The number of carbonyl (C=O) groups is 2. The van der Waals surface area contributed by atoms with E-state index >= 15 is 0 Å². The predicted molar refractivity (Wildman–Crippen MR) is 96.1 cm³/mol. The molecular weight excluding hydrogens is 302 g/mol. The van der Waals surface area contributed by atoms with Gasteiger partial charge in [0.05, 0.1) is 0 Å². The Morgan fingerprint density at radius 1 is 1.00 bits per heavy atom. The van der Waals surface area contributed by atoms with Gasteiger partial charge in [0, 0.05) is 31.5 Å². The second-order valence-electron chi connectivity index (χ2n) is 7.29. The van der Waals surface area contributed by atoms with Crippen molar-refractivity contribution in [3.63, 3.8) is 0 Å². The lowest BCUT2D eigenvalue weighted by atomic mass is 9.94. The van der Waals surface area contributed by atoms with Crippen molar-refractivity contribution in [3.8, 4) is 0 Å². The summed E-state index contributed by atoms with van der Waals surface area (Å²) in [5.41, 5.74) is 0.962. The van der Waals surface area contributed by atoms with Crippen molar-refractivity contribution in [1.29, 1.82) is 0 Å². The maximum absolute atomic E-state index is 12.6. The van der Waals surface area contributed by atoms with Crippen LogP contribution >= 0.6 is 0 Å². The molecule has 0 aromatic heterocycles. The van der Waals surface area contributed by atoms with Crippen LogP contribution in [-0.2, 0) is 9.59 Å². The van der Waals surface area contributed by atoms with Gasteiger partial charge in [0.25, 0.3) is 0 Å². The average Bonchev–Trinajstić information content (AvgIpc) is 3.38. The van der Waals surface area contributed by atoms with Crippen LogP contribution in [0.3, 0.4) is 0 Å². The molecule has 0 bridgehead atoms. The highest BCUT2D eigenvalue weighted by atomic mass is 16.2. The van der Waals surface area contributed by atoms with Crippen LogP contribution in [0.2, 0.25) is 0 Å². The van der Waals surface area contributed by atoms with E-state index in [1.807, 2.05) is 43.3 Å². The third-order valence-corrected chi connectivity index (χ3v) is 5.20. The van der Waals surface area contributed by atoms with Gasteiger partial charge in [-0.3, -0.25) is 9.59 Å². The summed E-state index contributed by atoms with van der Waals surface area (Å²) in [5.74, 6) is -0.259. The first-order valence-electron chi connectivity index (χ1n) is 8.91. The molecule has 24 heavy (non-hydrogen) atoms. The number of hydrogen-bond donors (Lipinski definition) is 2. The van der Waals surface area contributed by atoms with Crippen LogP contribution in [0.4, 0.5) is 11.4 Å². The first-order valence-corrected chi connectivity index (χ1v) is 8.91. The van der Waals surface area contributed by atoms with E-state index in [1.54, 1.807) is 0 Å². The molecule has 0 saturated heterocycles. The lowest BCUT2D eigenvalue weighted by Gasteiger charge is -2.25. The van der Waals surface area contributed by atoms with E-state index in [9.17, 15) is 9.59 Å². The number of hydrogen-bond acceptors (Lipinski definition) is 3. The van der Waals surface area contributed by atoms with Crippen molar-refractivity contribution in [2.45, 2.75) is 51.0 Å². The fourth-order valence-corrected chi connectivity index (χ4v) is 3.35. The molecule has 1 aromatic rings. The van der Waals surface area contributed by atoms with Crippen molar-refractivity contribution in [2.75, 3.05) is 24.3 Å². The Bertz CT molecular complexity index is 600. The smallest absolute Gasteiger partial charge is 0.240 e. The average molecular weight is 329 g/mol. The molecule has 3 rings (SSSR count). The van der Waals surface area contributed by atoms with Crippen molar-refractivity contribution < 1.29 is 9.59 Å². The van der Waals surface area contributed by atoms with E-state index < -0.39 is 5.41 Å². The summed E-state index contributed by atoms with van der Waals surface area (Å²) in [4.78, 5) is 27.2. The van der Waals surface area contributed by atoms with Crippen LogP contribution in [-0.4, -0.2) is 32.0 Å². The fourth-order valence-electron chi connectivity index (χ4n) is 3.35. The molecule has 5 heteroatoms. The van der Waals surface area contributed by atoms with Gasteiger partial charge in [0.2, 0.25) is 11.8 Å². The Balaban J connectivity index is 1.59. The molecule has 0 spiro atoms. The molecule has 2 aliphatic rings. The van der Waals surface area contributed by atoms with Gasteiger partial charge in [-0.25, -0.2) is 0 Å². The Labute approximate surface area is 143 Å². The number of anilines is 2. The summed E-state index contributed by atoms with van der Waals surface area (Å²) < 4.78 is 0. The summed E-state index contributed by atoms with van der Waals surface area (Å²) in [6.45, 7) is 0. The minimum atomic E-state index is -0.850. The molecule has 0 aliphatic heterocycles. The number of benzene rings is 1. The minimum Gasteiger partial charge on any atom is -0.378 e. The molecule has 2 saturated carbocycles. The van der Waals surface area contributed by atoms with Gasteiger partial charge in [0.1, 0.15) is 5.41 Å². The highest BCUT2D eigenvalue weighted by molar-refractivity contribution is 6.13. The van der Waals surface area contributed by atoms with E-state index in [-0.39, 0.29) is 17.9 Å². The van der Waals surface area contributed by atoms with E-state index in [4.69, 9.17) is 0 Å². The van der Waals surface area contributed by atoms with Crippen LogP contribution in [0.25, 0.3) is 0 Å². The van der Waals surface area contributed by atoms with Crippen LogP contribution in [0.5, 0.6) is 0 Å². The largest absolute Gasteiger partial charge is 0.378 e. The van der Waals surface area contributed by atoms with Gasteiger partial charge >= 0.3 is 0 Å². The van der Waals surface area contributed by atoms with Gasteiger partial charge in [-0.1, -0.05) is 19.3 Å². The van der Waals surface area contributed by atoms with Crippen molar-refractivity contribution in [2.24, 2.45) is 5.41 Å². The summed E-state index contributed by atoms with van der Waals surface area (Å²) in [7, 11) is 3.95. The molecular formula is C19H27N3O2. The second kappa shape index (κ2) is 6.83. The summed E-state index contributed by atoms with van der Waals surface area (Å²) in [5, 5.41) is 6.02. The lowest BCUT2D eigenvalue weighted by molar-refractivity contribution is -0.135. The van der Waals surface area contributed by atoms with Crippen molar-refractivity contribution in [1.82, 2.24) is 5.32 Å². The molecule has 1 aromatic carbocycles. The van der Waals surface area contributed by atoms with Crippen LogP contribution in [0, 0.1) is 5.41 Å². The van der Waals surface area contributed by atoms with E-state index in [0.29, 0.717) is 12.8 Å². The highest BCUT2D eigenvalue weighted by Gasteiger charge is 2.56. The molecule has 0 radical (unpaired) electrons. The molecule has 0 unspecified atom stereocenters. The SMILES string of the molecule is CN(C)c1ccc(NC(=O)C2(C(=O)NC3CCCCC3)CC2)cc1. The number of carbonyl (C=O) groups excluding carboxylic acids is 2. The Morgan fingerprint density at radius 2 is 1.62 bits per heavy atom. The zero-order valence-corrected chi connectivity index (χ0v) is 14.6. The third-order valence-electron chi connectivity index (χ3n) is 5.20. The zero-order chi connectivity index (χ0) is 17.2. The molecule has 0 atom stereocenters. The number of rotatable bonds is 5. The van der Waals surface area contributed by atoms with Crippen molar-refractivity contribution >= 4 is 23.2 Å². The second-order valence-corrected chi connectivity index (χ2v) is 7.29. The molecule has 2 aliphatic carbocycles. The minimum absolute atomic E-state index is 0.0863. The van der Waals surface area contributed by atoms with Crippen LogP contribution in [0.15, 0.2) is 24.3 Å². The van der Waals surface area contributed by atoms with Gasteiger partial charge in [0.15, 0.2) is 0 Å². The lowest BCUT2D eigenvalue weighted by Crippen LogP contribution is -2.45. The first-order chi connectivity index (χ1) is 11.5. The molecule has 2 amide bonds. The first kappa shape index (κ1) is 16.8. The fraction of sp³-hybridized carbons (Fsp3) is 0.579. The number of nitrogens with zero attached hydrogens (tertiary/aromatic N) is 1. The molecule has 2 fully saturated rings. The van der Waals surface area contributed by atoms with Crippen LogP contribution in [0.1, 0.15) is 44.9 Å². The Hall–Kier alpha value is -2.04. The summed E-state index contributed by atoms with van der Waals surface area (Å²) in [6, 6.07) is 7.91. The molecule has 130 valence electrons. The van der Waals surface area contributed by atoms with Crippen LogP contribution < -0.4 is 15.5 Å². The molecule has 5 nitrogen and oxygen atoms in total. The number of nitrogens with one attached hydrogen (secondary N) is 2. The maximum Gasteiger partial charge on any atom is 0.240 e. The summed E-state index contributed by atoms with van der Waals surface area (Å²) >= 11 is 0. The van der Waals surface area contributed by atoms with E-state index in [1.165, 1.54) is 19.3 Å².